The van der Waals surface area contributed by atoms with Gasteiger partial charge in [-0.1, -0.05) is 30.3 Å². The molecule has 98 valence electrons. The van der Waals surface area contributed by atoms with Crippen molar-refractivity contribution < 1.29 is 0 Å². The first-order valence-electron chi connectivity index (χ1n) is 6.61. The van der Waals surface area contributed by atoms with E-state index in [0.29, 0.717) is 5.95 Å². The van der Waals surface area contributed by atoms with Crippen LogP contribution in [0.5, 0.6) is 0 Å². The van der Waals surface area contributed by atoms with E-state index in [1.54, 1.807) is 11.3 Å². The number of nitrogen functional groups attached to an aromatic ring is 1. The molecule has 1 aliphatic carbocycles. The summed E-state index contributed by atoms with van der Waals surface area (Å²) in [5.74, 6) is 0.351. The highest BCUT2D eigenvalue weighted by Crippen LogP contribution is 2.38. The maximum atomic E-state index is 5.93. The normalized spacial score (nSPS) is 12.8. The van der Waals surface area contributed by atoms with Crippen LogP contribution in [-0.4, -0.2) is 9.97 Å². The topological polar surface area (TPSA) is 51.8 Å². The van der Waals surface area contributed by atoms with Crippen molar-refractivity contribution in [3.05, 3.63) is 52.9 Å². The monoisotopic (exact) mass is 279 g/mol. The van der Waals surface area contributed by atoms with E-state index in [0.717, 1.165) is 29.1 Å². The van der Waals surface area contributed by atoms with Crippen LogP contribution < -0.4 is 5.73 Å². The number of nitrogens with two attached hydrogens (primary N) is 1. The summed E-state index contributed by atoms with van der Waals surface area (Å²) >= 11 is 1.69. The van der Waals surface area contributed by atoms with Crippen LogP contribution in [0.1, 0.15) is 11.1 Å². The maximum absolute atomic E-state index is 5.93. The summed E-state index contributed by atoms with van der Waals surface area (Å²) < 4.78 is 0. The van der Waals surface area contributed by atoms with Gasteiger partial charge < -0.3 is 5.73 Å². The molecule has 2 heterocycles. The van der Waals surface area contributed by atoms with Crippen molar-refractivity contribution in [2.24, 2.45) is 0 Å². The summed E-state index contributed by atoms with van der Waals surface area (Å²) in [6.07, 6.45) is 2.01. The number of aromatic nitrogens is 2. The van der Waals surface area contributed by atoms with Gasteiger partial charge >= 0.3 is 0 Å². The molecule has 0 unspecified atom stereocenters. The first kappa shape index (κ1) is 11.6. The summed E-state index contributed by atoms with van der Waals surface area (Å²) in [5.41, 5.74) is 11.7. The molecule has 4 rings (SSSR count). The molecule has 20 heavy (non-hydrogen) atoms. The molecule has 0 saturated carbocycles. The largest absolute Gasteiger partial charge is 0.368 e. The molecular weight excluding hydrogens is 266 g/mol. The Morgan fingerprint density at radius 3 is 2.65 bits per heavy atom. The van der Waals surface area contributed by atoms with E-state index in [2.05, 4.69) is 45.7 Å². The summed E-state index contributed by atoms with van der Waals surface area (Å²) in [6.45, 7) is 0. The second-order valence-electron chi connectivity index (χ2n) is 4.89. The Labute approximate surface area is 121 Å². The fourth-order valence-corrected chi connectivity index (χ4v) is 3.55. The highest BCUT2D eigenvalue weighted by molar-refractivity contribution is 7.13. The van der Waals surface area contributed by atoms with Crippen LogP contribution in [0.15, 0.2) is 41.8 Å². The third-order valence-corrected chi connectivity index (χ3v) is 4.57. The molecule has 4 heteroatoms. The van der Waals surface area contributed by atoms with Gasteiger partial charge in [-0.05, 0) is 29.9 Å². The molecule has 0 spiro atoms. The van der Waals surface area contributed by atoms with E-state index in [1.807, 2.05) is 6.07 Å². The van der Waals surface area contributed by atoms with Crippen LogP contribution >= 0.6 is 11.3 Å². The van der Waals surface area contributed by atoms with Crippen LogP contribution in [-0.2, 0) is 12.8 Å². The van der Waals surface area contributed by atoms with Gasteiger partial charge in [0.15, 0.2) is 0 Å². The van der Waals surface area contributed by atoms with Gasteiger partial charge in [-0.2, -0.15) is 0 Å². The van der Waals surface area contributed by atoms with E-state index in [-0.39, 0.29) is 0 Å². The number of thiophene rings is 1. The number of aryl methyl sites for hydroxylation is 1. The predicted molar refractivity (Wildman–Crippen MR) is 82.6 cm³/mol. The van der Waals surface area contributed by atoms with E-state index < -0.39 is 0 Å². The number of fused-ring (bicyclic) bond motifs is 3. The predicted octanol–water partition coefficient (Wildman–Crippen LogP) is 3.55. The zero-order valence-corrected chi connectivity index (χ0v) is 11.7. The number of rotatable bonds is 1. The van der Waals surface area contributed by atoms with Crippen LogP contribution in [0.25, 0.3) is 21.8 Å². The number of nitrogens with zero attached hydrogens (tertiary/aromatic N) is 2. The Balaban J connectivity index is 2.01. The Bertz CT molecular complexity index is 778. The molecule has 0 radical (unpaired) electrons. The van der Waals surface area contributed by atoms with E-state index >= 15 is 0 Å². The Kier molecular flexibility index (Phi) is 2.57. The summed E-state index contributed by atoms with van der Waals surface area (Å²) in [7, 11) is 0. The number of hydrogen-bond donors (Lipinski definition) is 1. The standard InChI is InChI=1S/C16H13N3S/c17-16-18-14-11-5-2-1-4-10(11)7-8-12(14)15(19-16)13-6-3-9-20-13/h1-6,9H,7-8H2,(H2,17,18,19). The van der Waals surface area contributed by atoms with Crippen molar-refractivity contribution in [2.45, 2.75) is 12.8 Å². The number of benzene rings is 1. The third kappa shape index (κ3) is 1.72. The molecule has 3 nitrogen and oxygen atoms in total. The zero-order valence-electron chi connectivity index (χ0n) is 10.8. The van der Waals surface area contributed by atoms with Crippen LogP contribution in [0.4, 0.5) is 5.95 Å². The highest BCUT2D eigenvalue weighted by Gasteiger charge is 2.22. The summed E-state index contributed by atoms with van der Waals surface area (Å²) in [5, 5.41) is 2.07. The molecular formula is C16H13N3S. The first-order chi connectivity index (χ1) is 9.83. The molecule has 2 N–H and O–H groups in total. The molecule has 1 aliphatic rings. The lowest BCUT2D eigenvalue weighted by Gasteiger charge is -2.20. The molecule has 0 atom stereocenters. The van der Waals surface area contributed by atoms with Crippen LogP contribution in [0.3, 0.4) is 0 Å². The van der Waals surface area contributed by atoms with Gasteiger partial charge in [0.2, 0.25) is 5.95 Å². The molecule has 1 aromatic carbocycles. The van der Waals surface area contributed by atoms with E-state index in [4.69, 9.17) is 5.73 Å². The minimum Gasteiger partial charge on any atom is -0.368 e. The first-order valence-corrected chi connectivity index (χ1v) is 7.49. The fraction of sp³-hybridized carbons (Fsp3) is 0.125. The number of hydrogen-bond acceptors (Lipinski definition) is 4. The van der Waals surface area contributed by atoms with Gasteiger partial charge in [0.25, 0.3) is 0 Å². The molecule has 3 aromatic rings. The van der Waals surface area contributed by atoms with Crippen LogP contribution in [0, 0.1) is 0 Å². The molecule has 0 amide bonds. The van der Waals surface area contributed by atoms with Crippen molar-refractivity contribution in [3.8, 4) is 21.8 Å². The maximum Gasteiger partial charge on any atom is 0.221 e. The van der Waals surface area contributed by atoms with Gasteiger partial charge in [-0.3, -0.25) is 0 Å². The molecule has 2 aromatic heterocycles. The third-order valence-electron chi connectivity index (χ3n) is 3.70. The van der Waals surface area contributed by atoms with Gasteiger partial charge in [0, 0.05) is 11.1 Å². The minimum atomic E-state index is 0.351. The lowest BCUT2D eigenvalue weighted by atomic mass is 9.88. The average Bonchev–Trinajstić information content (AvgIpc) is 3.00. The van der Waals surface area contributed by atoms with E-state index in [1.165, 1.54) is 16.7 Å². The molecule has 0 saturated heterocycles. The summed E-state index contributed by atoms with van der Waals surface area (Å²) in [6, 6.07) is 12.6. The molecule has 0 fully saturated rings. The lowest BCUT2D eigenvalue weighted by Crippen LogP contribution is -2.10. The van der Waals surface area contributed by atoms with Crippen LogP contribution in [0.2, 0.25) is 0 Å². The second-order valence-corrected chi connectivity index (χ2v) is 5.84. The Morgan fingerprint density at radius 2 is 1.80 bits per heavy atom. The van der Waals surface area contributed by atoms with Crippen molar-refractivity contribution in [3.63, 3.8) is 0 Å². The van der Waals surface area contributed by atoms with Crippen molar-refractivity contribution in [2.75, 3.05) is 5.73 Å². The fourth-order valence-electron chi connectivity index (χ4n) is 2.81. The second kappa shape index (κ2) is 4.42. The SMILES string of the molecule is Nc1nc(-c2cccs2)c2c(n1)-c1ccccc1CC2. The van der Waals surface area contributed by atoms with Gasteiger partial charge in [-0.15, -0.1) is 11.3 Å². The quantitative estimate of drug-likeness (QED) is 0.741. The lowest BCUT2D eigenvalue weighted by molar-refractivity contribution is 0.918. The zero-order chi connectivity index (χ0) is 13.5. The average molecular weight is 279 g/mol. The molecule has 0 bridgehead atoms. The van der Waals surface area contributed by atoms with Crippen molar-refractivity contribution in [1.29, 1.82) is 0 Å². The smallest absolute Gasteiger partial charge is 0.221 e. The van der Waals surface area contributed by atoms with Crippen molar-refractivity contribution in [1.82, 2.24) is 9.97 Å². The number of anilines is 1. The highest BCUT2D eigenvalue weighted by atomic mass is 32.1. The molecule has 0 aliphatic heterocycles. The van der Waals surface area contributed by atoms with Gasteiger partial charge in [-0.25, -0.2) is 9.97 Å². The summed E-state index contributed by atoms with van der Waals surface area (Å²) in [4.78, 5) is 10.1. The van der Waals surface area contributed by atoms with E-state index in [9.17, 15) is 0 Å². The van der Waals surface area contributed by atoms with Crippen molar-refractivity contribution >= 4 is 17.3 Å². The van der Waals surface area contributed by atoms with Gasteiger partial charge in [0.1, 0.15) is 0 Å². The minimum absolute atomic E-state index is 0.351. The van der Waals surface area contributed by atoms with Gasteiger partial charge in [0.05, 0.1) is 16.3 Å². The Morgan fingerprint density at radius 1 is 0.950 bits per heavy atom. The Hall–Kier alpha value is -2.20.